The standard InChI is InChI=1S/C24H22O4/c1-13-11-21(25)15(3)9-19(13)24(20-10-16(4)22(26)12-14(20)2)18-8-6-5-7-17(18)23(27)28-24/h5-12,25-26H,1-4H3. The average Bonchev–Trinajstić information content (AvgIpc) is 2.95. The zero-order valence-electron chi connectivity index (χ0n) is 16.3. The summed E-state index contributed by atoms with van der Waals surface area (Å²) in [5, 5.41) is 20.3. The molecule has 28 heavy (non-hydrogen) atoms. The highest BCUT2D eigenvalue weighted by molar-refractivity contribution is 5.96. The summed E-state index contributed by atoms with van der Waals surface area (Å²) < 4.78 is 6.14. The summed E-state index contributed by atoms with van der Waals surface area (Å²) in [6, 6.07) is 14.5. The molecular weight excluding hydrogens is 352 g/mol. The van der Waals surface area contributed by atoms with Crippen LogP contribution in [0, 0.1) is 27.7 Å². The van der Waals surface area contributed by atoms with Crippen molar-refractivity contribution in [1.82, 2.24) is 0 Å². The fraction of sp³-hybridized carbons (Fsp3) is 0.208. The number of carbonyl (C=O) groups excluding carboxylic acids is 1. The van der Waals surface area contributed by atoms with E-state index in [1.807, 2.05) is 58.0 Å². The Morgan fingerprint density at radius 1 is 0.714 bits per heavy atom. The van der Waals surface area contributed by atoms with Crippen molar-refractivity contribution in [1.29, 1.82) is 0 Å². The predicted molar refractivity (Wildman–Crippen MR) is 107 cm³/mol. The number of hydrogen-bond acceptors (Lipinski definition) is 4. The molecule has 4 nitrogen and oxygen atoms in total. The van der Waals surface area contributed by atoms with Gasteiger partial charge in [-0.1, -0.05) is 18.2 Å². The highest BCUT2D eigenvalue weighted by Gasteiger charge is 2.50. The van der Waals surface area contributed by atoms with Crippen LogP contribution >= 0.6 is 0 Å². The number of rotatable bonds is 2. The Bertz CT molecular complexity index is 1070. The van der Waals surface area contributed by atoms with Gasteiger partial charge in [0.05, 0.1) is 5.56 Å². The van der Waals surface area contributed by atoms with E-state index in [-0.39, 0.29) is 17.5 Å². The molecule has 1 aliphatic heterocycles. The number of phenols is 2. The van der Waals surface area contributed by atoms with Crippen LogP contribution in [0.25, 0.3) is 0 Å². The Kier molecular flexibility index (Phi) is 3.96. The molecule has 4 heteroatoms. The van der Waals surface area contributed by atoms with E-state index in [0.717, 1.165) is 27.8 Å². The first-order valence-corrected chi connectivity index (χ1v) is 9.20. The number of cyclic esters (lactones) is 1. The van der Waals surface area contributed by atoms with Crippen molar-refractivity contribution in [2.24, 2.45) is 0 Å². The first-order chi connectivity index (χ1) is 13.3. The van der Waals surface area contributed by atoms with E-state index in [2.05, 4.69) is 0 Å². The number of esters is 1. The van der Waals surface area contributed by atoms with Crippen molar-refractivity contribution in [3.63, 3.8) is 0 Å². The Hall–Kier alpha value is -3.27. The molecule has 0 fully saturated rings. The van der Waals surface area contributed by atoms with Gasteiger partial charge in [-0.2, -0.15) is 0 Å². The maximum Gasteiger partial charge on any atom is 0.340 e. The summed E-state index contributed by atoms with van der Waals surface area (Å²) >= 11 is 0. The van der Waals surface area contributed by atoms with E-state index in [4.69, 9.17) is 4.74 Å². The SMILES string of the molecule is Cc1cc(C2(c3cc(C)c(O)cc3C)OC(=O)c3ccccc32)c(C)cc1O. The second-order valence-electron chi connectivity index (χ2n) is 7.52. The Morgan fingerprint density at radius 2 is 1.21 bits per heavy atom. The average molecular weight is 374 g/mol. The van der Waals surface area contributed by atoms with Crippen LogP contribution in [-0.4, -0.2) is 16.2 Å². The Balaban J connectivity index is 2.15. The first kappa shape index (κ1) is 18.1. The van der Waals surface area contributed by atoms with Crippen molar-refractivity contribution < 1.29 is 19.7 Å². The van der Waals surface area contributed by atoms with E-state index in [1.165, 1.54) is 0 Å². The molecular formula is C24H22O4. The topological polar surface area (TPSA) is 66.8 Å². The second-order valence-corrected chi connectivity index (χ2v) is 7.52. The molecule has 2 N–H and O–H groups in total. The first-order valence-electron chi connectivity index (χ1n) is 9.20. The summed E-state index contributed by atoms with van der Waals surface area (Å²) in [7, 11) is 0. The molecule has 0 unspecified atom stereocenters. The third-order valence-electron chi connectivity index (χ3n) is 5.62. The third kappa shape index (κ3) is 2.41. The van der Waals surface area contributed by atoms with Crippen LogP contribution < -0.4 is 0 Å². The van der Waals surface area contributed by atoms with Crippen LogP contribution in [0.5, 0.6) is 11.5 Å². The molecule has 4 rings (SSSR count). The highest BCUT2D eigenvalue weighted by atomic mass is 16.6. The second kappa shape index (κ2) is 6.13. The van der Waals surface area contributed by atoms with Gasteiger partial charge in [0.25, 0.3) is 0 Å². The number of phenolic OH excluding ortho intramolecular Hbond substituents is 2. The number of ether oxygens (including phenoxy) is 1. The molecule has 0 bridgehead atoms. The Labute approximate surface area is 164 Å². The lowest BCUT2D eigenvalue weighted by atomic mass is 9.75. The van der Waals surface area contributed by atoms with E-state index < -0.39 is 5.60 Å². The molecule has 0 saturated carbocycles. The van der Waals surface area contributed by atoms with Gasteiger partial charge in [-0.15, -0.1) is 0 Å². The number of fused-ring (bicyclic) bond motifs is 1. The van der Waals surface area contributed by atoms with E-state index in [9.17, 15) is 15.0 Å². The molecule has 1 aliphatic rings. The number of hydrogen-bond donors (Lipinski definition) is 2. The van der Waals surface area contributed by atoms with Crippen LogP contribution in [0.2, 0.25) is 0 Å². The monoisotopic (exact) mass is 374 g/mol. The fourth-order valence-corrected chi connectivity index (χ4v) is 4.12. The van der Waals surface area contributed by atoms with Gasteiger partial charge >= 0.3 is 5.97 Å². The summed E-state index contributed by atoms with van der Waals surface area (Å²) in [5.74, 6) is 0.0195. The van der Waals surface area contributed by atoms with Crippen LogP contribution in [-0.2, 0) is 10.3 Å². The minimum atomic E-state index is -1.14. The minimum Gasteiger partial charge on any atom is -0.508 e. The highest BCUT2D eigenvalue weighted by Crippen LogP contribution is 2.50. The molecule has 142 valence electrons. The summed E-state index contributed by atoms with van der Waals surface area (Å²) in [6.07, 6.45) is 0. The third-order valence-corrected chi connectivity index (χ3v) is 5.62. The number of aromatic hydroxyl groups is 2. The molecule has 0 radical (unpaired) electrons. The van der Waals surface area contributed by atoms with Crippen molar-refractivity contribution in [2.75, 3.05) is 0 Å². The zero-order valence-corrected chi connectivity index (χ0v) is 16.3. The normalized spacial score (nSPS) is 14.6. The van der Waals surface area contributed by atoms with Crippen molar-refractivity contribution >= 4 is 5.97 Å². The largest absolute Gasteiger partial charge is 0.508 e. The summed E-state index contributed by atoms with van der Waals surface area (Å²) in [5.41, 5.74) is 4.79. The number of carbonyl (C=O) groups is 1. The van der Waals surface area contributed by atoms with Gasteiger partial charge in [0, 0.05) is 16.7 Å². The molecule has 3 aromatic rings. The molecule has 0 amide bonds. The van der Waals surface area contributed by atoms with E-state index in [1.54, 1.807) is 18.2 Å². The quantitative estimate of drug-likeness (QED) is 0.633. The Morgan fingerprint density at radius 3 is 1.75 bits per heavy atom. The number of benzene rings is 3. The lowest BCUT2D eigenvalue weighted by Crippen LogP contribution is -2.31. The summed E-state index contributed by atoms with van der Waals surface area (Å²) in [4.78, 5) is 12.8. The van der Waals surface area contributed by atoms with E-state index in [0.29, 0.717) is 16.7 Å². The van der Waals surface area contributed by atoms with Crippen LogP contribution in [0.3, 0.4) is 0 Å². The molecule has 0 atom stereocenters. The van der Waals surface area contributed by atoms with Gasteiger partial charge in [0.1, 0.15) is 11.5 Å². The molecule has 0 aliphatic carbocycles. The zero-order chi connectivity index (χ0) is 20.2. The minimum absolute atomic E-state index is 0.201. The van der Waals surface area contributed by atoms with Gasteiger partial charge in [0.2, 0.25) is 0 Å². The van der Waals surface area contributed by atoms with Crippen LogP contribution in [0.1, 0.15) is 49.3 Å². The maximum absolute atomic E-state index is 12.8. The van der Waals surface area contributed by atoms with Gasteiger partial charge in [-0.05, 0) is 80.3 Å². The predicted octanol–water partition coefficient (Wildman–Crippen LogP) is 4.79. The smallest absolute Gasteiger partial charge is 0.340 e. The maximum atomic E-state index is 12.8. The van der Waals surface area contributed by atoms with Crippen molar-refractivity contribution in [3.8, 4) is 11.5 Å². The van der Waals surface area contributed by atoms with Crippen molar-refractivity contribution in [2.45, 2.75) is 33.3 Å². The molecule has 0 spiro atoms. The lowest BCUT2D eigenvalue weighted by molar-refractivity contribution is 0.0248. The van der Waals surface area contributed by atoms with Crippen molar-refractivity contribution in [3.05, 3.63) is 93.0 Å². The lowest BCUT2D eigenvalue weighted by Gasteiger charge is -2.33. The van der Waals surface area contributed by atoms with E-state index >= 15 is 0 Å². The molecule has 3 aromatic carbocycles. The van der Waals surface area contributed by atoms with Gasteiger partial charge in [0.15, 0.2) is 5.60 Å². The molecule has 0 aromatic heterocycles. The van der Waals surface area contributed by atoms with Gasteiger partial charge in [-0.25, -0.2) is 4.79 Å². The molecule has 1 heterocycles. The van der Waals surface area contributed by atoms with Gasteiger partial charge in [-0.3, -0.25) is 0 Å². The van der Waals surface area contributed by atoms with Gasteiger partial charge < -0.3 is 14.9 Å². The summed E-state index contributed by atoms with van der Waals surface area (Å²) in [6.45, 7) is 7.44. The fourth-order valence-electron chi connectivity index (χ4n) is 4.12. The molecule has 0 saturated heterocycles. The van der Waals surface area contributed by atoms with Crippen LogP contribution in [0.4, 0.5) is 0 Å². The number of aryl methyl sites for hydroxylation is 4. The van der Waals surface area contributed by atoms with Crippen LogP contribution in [0.15, 0.2) is 48.5 Å².